The number of aromatic hydroxyl groups is 1. The van der Waals surface area contributed by atoms with Crippen LogP contribution in [0.1, 0.15) is 43.4 Å². The first kappa shape index (κ1) is 20.9. The van der Waals surface area contributed by atoms with Crippen molar-refractivity contribution in [3.8, 4) is 5.75 Å². The van der Waals surface area contributed by atoms with Gasteiger partial charge in [0.25, 0.3) is 0 Å². The van der Waals surface area contributed by atoms with Crippen LogP contribution in [0.25, 0.3) is 0 Å². The van der Waals surface area contributed by atoms with E-state index in [1.807, 2.05) is 23.1 Å². The number of rotatable bonds is 7. The van der Waals surface area contributed by atoms with Crippen molar-refractivity contribution in [2.24, 2.45) is 11.8 Å². The molecule has 0 aliphatic carbocycles. The fourth-order valence-electron chi connectivity index (χ4n) is 5.12. The molecule has 0 aromatic heterocycles. The maximum Gasteiger partial charge on any atom is 0.223 e. The smallest absolute Gasteiger partial charge is 0.223 e. The first-order chi connectivity index (χ1) is 14.5. The molecule has 2 fully saturated rings. The van der Waals surface area contributed by atoms with Gasteiger partial charge in [0.05, 0.1) is 6.04 Å². The number of nitrogens with zero attached hydrogens (tertiary/aromatic N) is 2. The Morgan fingerprint density at radius 3 is 2.67 bits per heavy atom. The maximum absolute atomic E-state index is 14.0. The zero-order valence-corrected chi connectivity index (χ0v) is 17.6. The van der Waals surface area contributed by atoms with Gasteiger partial charge in [-0.2, -0.15) is 0 Å². The summed E-state index contributed by atoms with van der Waals surface area (Å²) < 4.78 is 14.0. The molecule has 30 heavy (non-hydrogen) atoms. The Bertz CT molecular complexity index is 870. The SMILES string of the molecule is CCCCC(=O)N1C[C@@H]2CN(CCc3ccc(O)cc3)C[C@@H]2[C@H]1c1cccc(F)c1. The van der Waals surface area contributed by atoms with E-state index in [1.165, 1.54) is 11.6 Å². The Labute approximate surface area is 178 Å². The molecule has 4 rings (SSSR count). The van der Waals surface area contributed by atoms with Crippen LogP contribution in [0.5, 0.6) is 5.75 Å². The molecular weight excluding hydrogens is 379 g/mol. The van der Waals surface area contributed by atoms with Gasteiger partial charge in [0.2, 0.25) is 5.91 Å². The van der Waals surface area contributed by atoms with Crippen LogP contribution in [0.3, 0.4) is 0 Å². The predicted octanol–water partition coefficient (Wildman–Crippen LogP) is 4.40. The van der Waals surface area contributed by atoms with E-state index in [0.717, 1.165) is 51.0 Å². The summed E-state index contributed by atoms with van der Waals surface area (Å²) >= 11 is 0. The molecule has 2 aliphatic rings. The van der Waals surface area contributed by atoms with Crippen LogP contribution in [0.2, 0.25) is 0 Å². The largest absolute Gasteiger partial charge is 0.508 e. The molecule has 160 valence electrons. The van der Waals surface area contributed by atoms with E-state index in [1.54, 1.807) is 24.3 Å². The summed E-state index contributed by atoms with van der Waals surface area (Å²) in [5, 5.41) is 9.46. The summed E-state index contributed by atoms with van der Waals surface area (Å²) in [5.74, 6) is 1.04. The molecule has 0 unspecified atom stereocenters. The van der Waals surface area contributed by atoms with Crippen molar-refractivity contribution in [1.29, 1.82) is 0 Å². The minimum absolute atomic E-state index is 0.0336. The number of halogens is 1. The average molecular weight is 411 g/mol. The predicted molar refractivity (Wildman–Crippen MR) is 116 cm³/mol. The number of hydrogen-bond donors (Lipinski definition) is 1. The first-order valence-corrected chi connectivity index (χ1v) is 11.1. The van der Waals surface area contributed by atoms with Crippen molar-refractivity contribution >= 4 is 5.91 Å². The molecule has 5 heteroatoms. The van der Waals surface area contributed by atoms with E-state index in [9.17, 15) is 14.3 Å². The van der Waals surface area contributed by atoms with E-state index < -0.39 is 0 Å². The average Bonchev–Trinajstić information content (AvgIpc) is 3.29. The first-order valence-electron chi connectivity index (χ1n) is 11.1. The molecule has 4 nitrogen and oxygen atoms in total. The number of carbonyl (C=O) groups is 1. The van der Waals surface area contributed by atoms with Gasteiger partial charge in [-0.3, -0.25) is 4.79 Å². The lowest BCUT2D eigenvalue weighted by Gasteiger charge is -2.30. The van der Waals surface area contributed by atoms with Crippen molar-refractivity contribution in [2.75, 3.05) is 26.2 Å². The van der Waals surface area contributed by atoms with Gasteiger partial charge >= 0.3 is 0 Å². The van der Waals surface area contributed by atoms with Crippen LogP contribution < -0.4 is 0 Å². The molecule has 0 spiro atoms. The molecule has 0 bridgehead atoms. The topological polar surface area (TPSA) is 43.8 Å². The quantitative estimate of drug-likeness (QED) is 0.736. The molecule has 0 radical (unpaired) electrons. The van der Waals surface area contributed by atoms with Gasteiger partial charge < -0.3 is 14.9 Å². The van der Waals surface area contributed by atoms with Gasteiger partial charge in [0.1, 0.15) is 11.6 Å². The Balaban J connectivity index is 1.47. The molecule has 3 atom stereocenters. The lowest BCUT2D eigenvalue weighted by molar-refractivity contribution is -0.132. The van der Waals surface area contributed by atoms with Crippen LogP contribution in [-0.4, -0.2) is 47.0 Å². The van der Waals surface area contributed by atoms with Crippen LogP contribution in [-0.2, 0) is 11.2 Å². The van der Waals surface area contributed by atoms with Gasteiger partial charge in [-0.25, -0.2) is 4.39 Å². The van der Waals surface area contributed by atoms with E-state index in [0.29, 0.717) is 24.0 Å². The van der Waals surface area contributed by atoms with Crippen LogP contribution in [0, 0.1) is 17.7 Å². The zero-order valence-electron chi connectivity index (χ0n) is 17.6. The molecule has 1 N–H and O–H groups in total. The van der Waals surface area contributed by atoms with Gasteiger partial charge in [0, 0.05) is 38.5 Å². The van der Waals surface area contributed by atoms with Crippen molar-refractivity contribution in [3.63, 3.8) is 0 Å². The minimum atomic E-state index is -0.237. The number of hydrogen-bond acceptors (Lipinski definition) is 3. The lowest BCUT2D eigenvalue weighted by atomic mass is 9.89. The fraction of sp³-hybridized carbons (Fsp3) is 0.480. The van der Waals surface area contributed by atoms with Crippen LogP contribution in [0.4, 0.5) is 4.39 Å². The standard InChI is InChI=1S/C25H31FN2O2/c1-2-3-7-24(30)28-16-20-15-27(13-12-18-8-10-22(29)11-9-18)17-23(20)25(28)19-5-4-6-21(26)14-19/h4-6,8-11,14,20,23,25,29H,2-3,7,12-13,15-17H2,1H3/t20-,23-,25+/m0/s1. The van der Waals surface area contributed by atoms with E-state index in [2.05, 4.69) is 11.8 Å². The number of fused-ring (bicyclic) bond motifs is 1. The highest BCUT2D eigenvalue weighted by Crippen LogP contribution is 2.45. The molecular formula is C25H31FN2O2. The number of phenolic OH excluding ortho intramolecular Hbond substituents is 1. The number of carbonyl (C=O) groups excluding carboxylic acids is 1. The van der Waals surface area contributed by atoms with Crippen LogP contribution in [0.15, 0.2) is 48.5 Å². The van der Waals surface area contributed by atoms with Gasteiger partial charge in [-0.05, 0) is 54.2 Å². The lowest BCUT2D eigenvalue weighted by Crippen LogP contribution is -2.36. The molecule has 2 aromatic carbocycles. The number of phenols is 1. The molecule has 1 amide bonds. The summed E-state index contributed by atoms with van der Waals surface area (Å²) in [6.45, 7) is 5.73. The molecule has 0 saturated carbocycles. The van der Waals surface area contributed by atoms with E-state index >= 15 is 0 Å². The Morgan fingerprint density at radius 1 is 1.13 bits per heavy atom. The maximum atomic E-state index is 14.0. The summed E-state index contributed by atoms with van der Waals surface area (Å²) in [6, 6.07) is 14.2. The zero-order chi connectivity index (χ0) is 21.1. The molecule has 2 aromatic rings. The molecule has 2 saturated heterocycles. The van der Waals surface area contributed by atoms with Gasteiger partial charge in [-0.15, -0.1) is 0 Å². The van der Waals surface area contributed by atoms with Crippen LogP contribution >= 0.6 is 0 Å². The highest BCUT2D eigenvalue weighted by molar-refractivity contribution is 5.77. The highest BCUT2D eigenvalue weighted by Gasteiger charge is 2.48. The van der Waals surface area contributed by atoms with E-state index in [-0.39, 0.29) is 17.8 Å². The second kappa shape index (κ2) is 9.17. The third-order valence-corrected chi connectivity index (χ3v) is 6.65. The monoisotopic (exact) mass is 410 g/mol. The third-order valence-electron chi connectivity index (χ3n) is 6.65. The summed E-state index contributed by atoms with van der Waals surface area (Å²) in [5.41, 5.74) is 2.13. The van der Waals surface area contributed by atoms with Crippen molar-refractivity contribution < 1.29 is 14.3 Å². The second-order valence-corrected chi connectivity index (χ2v) is 8.75. The highest BCUT2D eigenvalue weighted by atomic mass is 19.1. The summed E-state index contributed by atoms with van der Waals surface area (Å²) in [6.07, 6.45) is 3.41. The number of unbranched alkanes of at least 4 members (excludes halogenated alkanes) is 1. The Hall–Kier alpha value is -2.40. The van der Waals surface area contributed by atoms with Gasteiger partial charge in [-0.1, -0.05) is 37.6 Å². The number of amides is 1. The fourth-order valence-corrected chi connectivity index (χ4v) is 5.12. The van der Waals surface area contributed by atoms with Crippen molar-refractivity contribution in [1.82, 2.24) is 9.80 Å². The van der Waals surface area contributed by atoms with Crippen molar-refractivity contribution in [3.05, 3.63) is 65.5 Å². The second-order valence-electron chi connectivity index (χ2n) is 8.75. The Morgan fingerprint density at radius 2 is 1.93 bits per heavy atom. The molecule has 2 aliphatic heterocycles. The number of benzene rings is 2. The third kappa shape index (κ3) is 4.51. The Kier molecular flexibility index (Phi) is 6.38. The summed E-state index contributed by atoms with van der Waals surface area (Å²) in [7, 11) is 0. The number of likely N-dealkylation sites (tertiary alicyclic amines) is 2. The summed E-state index contributed by atoms with van der Waals surface area (Å²) in [4.78, 5) is 17.4. The van der Waals surface area contributed by atoms with E-state index in [4.69, 9.17) is 0 Å². The minimum Gasteiger partial charge on any atom is -0.508 e. The molecule has 2 heterocycles. The van der Waals surface area contributed by atoms with Crippen molar-refractivity contribution in [2.45, 2.75) is 38.6 Å². The van der Waals surface area contributed by atoms with Gasteiger partial charge in [0.15, 0.2) is 0 Å². The normalized spacial score (nSPS) is 23.7.